The lowest BCUT2D eigenvalue weighted by Crippen LogP contribution is -2.25. The molecule has 3 nitrogen and oxygen atoms in total. The van der Waals surface area contributed by atoms with E-state index in [0.717, 1.165) is 17.2 Å². The molecule has 0 heterocycles. The summed E-state index contributed by atoms with van der Waals surface area (Å²) >= 11 is 0. The van der Waals surface area contributed by atoms with Crippen LogP contribution in [0.3, 0.4) is 0 Å². The number of nitrogens with zero attached hydrogens (tertiary/aromatic N) is 1. The van der Waals surface area contributed by atoms with Crippen LogP contribution in [0.15, 0.2) is 48.5 Å². The lowest BCUT2D eigenvalue weighted by molar-refractivity contribution is -0.125. The molecule has 0 aliphatic heterocycles. The molecule has 5 heteroatoms. The predicted molar refractivity (Wildman–Crippen MR) is 89.5 cm³/mol. The third-order valence-corrected chi connectivity index (χ3v) is 3.67. The minimum atomic E-state index is -0.667. The van der Waals surface area contributed by atoms with E-state index in [0.29, 0.717) is 5.75 Å². The molecule has 0 unspecified atom stereocenters. The van der Waals surface area contributed by atoms with Crippen LogP contribution in [0.4, 0.5) is 8.78 Å². The SMILES string of the molecule is COc1ccccc1/C(C)=C\C(=O)N(C)Cc1ccc(F)cc1F. The van der Waals surface area contributed by atoms with E-state index in [-0.39, 0.29) is 18.0 Å². The Morgan fingerprint density at radius 3 is 2.58 bits per heavy atom. The highest BCUT2D eigenvalue weighted by Crippen LogP contribution is 2.25. The second-order valence-corrected chi connectivity index (χ2v) is 5.46. The van der Waals surface area contributed by atoms with Crippen molar-refractivity contribution in [3.05, 3.63) is 71.3 Å². The average Bonchev–Trinajstić information content (AvgIpc) is 2.57. The van der Waals surface area contributed by atoms with Gasteiger partial charge in [0.1, 0.15) is 17.4 Å². The van der Waals surface area contributed by atoms with Crippen molar-refractivity contribution >= 4 is 11.5 Å². The van der Waals surface area contributed by atoms with E-state index in [1.165, 1.54) is 23.1 Å². The Balaban J connectivity index is 2.15. The van der Waals surface area contributed by atoms with Crippen LogP contribution in [0.1, 0.15) is 18.1 Å². The number of carbonyl (C=O) groups excluding carboxylic acids is 1. The summed E-state index contributed by atoms with van der Waals surface area (Å²) in [5, 5.41) is 0. The number of methoxy groups -OCH3 is 1. The van der Waals surface area contributed by atoms with E-state index in [1.807, 2.05) is 31.2 Å². The molecule has 126 valence electrons. The number of para-hydroxylation sites is 1. The summed E-state index contributed by atoms with van der Waals surface area (Å²) in [7, 11) is 3.13. The van der Waals surface area contributed by atoms with Gasteiger partial charge in [0.05, 0.1) is 7.11 Å². The van der Waals surface area contributed by atoms with E-state index < -0.39 is 11.6 Å². The van der Waals surface area contributed by atoms with Gasteiger partial charge >= 0.3 is 0 Å². The van der Waals surface area contributed by atoms with E-state index in [9.17, 15) is 13.6 Å². The van der Waals surface area contributed by atoms with E-state index >= 15 is 0 Å². The van der Waals surface area contributed by atoms with Crippen LogP contribution >= 0.6 is 0 Å². The number of amides is 1. The lowest BCUT2D eigenvalue weighted by atomic mass is 10.1. The van der Waals surface area contributed by atoms with Crippen molar-refractivity contribution in [2.24, 2.45) is 0 Å². The minimum absolute atomic E-state index is 0.0562. The Kier molecular flexibility index (Phi) is 5.68. The van der Waals surface area contributed by atoms with Crippen LogP contribution < -0.4 is 4.74 Å². The first-order valence-electron chi connectivity index (χ1n) is 7.43. The second kappa shape index (κ2) is 7.73. The molecule has 0 saturated heterocycles. The summed E-state index contributed by atoms with van der Waals surface area (Å²) in [4.78, 5) is 13.7. The van der Waals surface area contributed by atoms with Gasteiger partial charge in [-0.15, -0.1) is 0 Å². The molecule has 1 amide bonds. The van der Waals surface area contributed by atoms with Crippen molar-refractivity contribution in [1.29, 1.82) is 0 Å². The fourth-order valence-electron chi connectivity index (χ4n) is 2.33. The van der Waals surface area contributed by atoms with Crippen LogP contribution in [0, 0.1) is 11.6 Å². The van der Waals surface area contributed by atoms with Crippen molar-refractivity contribution < 1.29 is 18.3 Å². The summed E-state index contributed by atoms with van der Waals surface area (Å²) in [5.74, 6) is -0.911. The third-order valence-electron chi connectivity index (χ3n) is 3.67. The Morgan fingerprint density at radius 2 is 1.92 bits per heavy atom. The van der Waals surface area contributed by atoms with Gasteiger partial charge in [-0.3, -0.25) is 4.79 Å². The quantitative estimate of drug-likeness (QED) is 0.774. The number of hydrogen-bond donors (Lipinski definition) is 0. The van der Waals surface area contributed by atoms with Crippen molar-refractivity contribution in [3.8, 4) is 5.75 Å². The first-order valence-corrected chi connectivity index (χ1v) is 7.43. The van der Waals surface area contributed by atoms with Crippen LogP contribution in [0.5, 0.6) is 5.75 Å². The number of hydrogen-bond acceptors (Lipinski definition) is 2. The highest BCUT2D eigenvalue weighted by molar-refractivity contribution is 5.95. The first-order chi connectivity index (χ1) is 11.4. The molecule has 0 fully saturated rings. The largest absolute Gasteiger partial charge is 0.496 e. The van der Waals surface area contributed by atoms with Gasteiger partial charge < -0.3 is 9.64 Å². The molecular formula is C19H19F2NO2. The van der Waals surface area contributed by atoms with Crippen LogP contribution in [0.25, 0.3) is 5.57 Å². The number of likely N-dealkylation sites (N-methyl/N-ethyl adjacent to an activating group) is 1. The van der Waals surface area contributed by atoms with Crippen LogP contribution in [0.2, 0.25) is 0 Å². The fraction of sp³-hybridized carbons (Fsp3) is 0.211. The van der Waals surface area contributed by atoms with Crippen molar-refractivity contribution in [1.82, 2.24) is 4.90 Å². The molecule has 0 N–H and O–H groups in total. The molecule has 0 aromatic heterocycles. The molecule has 0 aliphatic rings. The van der Waals surface area contributed by atoms with E-state index in [1.54, 1.807) is 14.2 Å². The van der Waals surface area contributed by atoms with E-state index in [2.05, 4.69) is 0 Å². The van der Waals surface area contributed by atoms with Crippen molar-refractivity contribution in [2.45, 2.75) is 13.5 Å². The van der Waals surface area contributed by atoms with E-state index in [4.69, 9.17) is 4.74 Å². The molecule has 0 radical (unpaired) electrons. The zero-order valence-corrected chi connectivity index (χ0v) is 13.8. The highest BCUT2D eigenvalue weighted by Gasteiger charge is 2.12. The van der Waals surface area contributed by atoms with Gasteiger partial charge in [0.2, 0.25) is 5.91 Å². The first kappa shape index (κ1) is 17.7. The standard InChI is InChI=1S/C19H19F2NO2/c1-13(16-6-4-5-7-18(16)24-3)10-19(23)22(2)12-14-8-9-15(20)11-17(14)21/h4-11H,12H2,1-3H3/b13-10-. The smallest absolute Gasteiger partial charge is 0.246 e. The molecule has 0 atom stereocenters. The van der Waals surface area contributed by atoms with Gasteiger partial charge in [-0.1, -0.05) is 24.3 Å². The van der Waals surface area contributed by atoms with Gasteiger partial charge in [0.25, 0.3) is 0 Å². The van der Waals surface area contributed by atoms with Gasteiger partial charge in [0.15, 0.2) is 0 Å². The average molecular weight is 331 g/mol. The van der Waals surface area contributed by atoms with Crippen molar-refractivity contribution in [2.75, 3.05) is 14.2 Å². The van der Waals surface area contributed by atoms with Gasteiger partial charge in [-0.05, 0) is 24.6 Å². The highest BCUT2D eigenvalue weighted by atomic mass is 19.1. The number of benzene rings is 2. The van der Waals surface area contributed by atoms with Crippen LogP contribution in [-0.2, 0) is 11.3 Å². The monoisotopic (exact) mass is 331 g/mol. The molecule has 2 aromatic carbocycles. The summed E-state index contributed by atoms with van der Waals surface area (Å²) in [5.41, 5.74) is 1.81. The fourth-order valence-corrected chi connectivity index (χ4v) is 2.33. The molecule has 0 spiro atoms. The number of ether oxygens (including phenoxy) is 1. The maximum atomic E-state index is 13.7. The zero-order valence-electron chi connectivity index (χ0n) is 13.8. The van der Waals surface area contributed by atoms with Gasteiger partial charge in [-0.25, -0.2) is 8.78 Å². The van der Waals surface area contributed by atoms with Crippen molar-refractivity contribution in [3.63, 3.8) is 0 Å². The Hall–Kier alpha value is -2.69. The zero-order chi connectivity index (χ0) is 17.7. The maximum Gasteiger partial charge on any atom is 0.246 e. The minimum Gasteiger partial charge on any atom is -0.496 e. The molecular weight excluding hydrogens is 312 g/mol. The summed E-state index contributed by atoms with van der Waals surface area (Å²) in [6.07, 6.45) is 1.47. The summed E-state index contributed by atoms with van der Waals surface area (Å²) in [6.45, 7) is 1.86. The third kappa shape index (κ3) is 4.19. The molecule has 0 saturated carbocycles. The predicted octanol–water partition coefficient (Wildman–Crippen LogP) is 4.04. The summed E-state index contributed by atoms with van der Waals surface area (Å²) < 4.78 is 31.9. The number of allylic oxidation sites excluding steroid dienone is 1. The normalized spacial score (nSPS) is 11.3. The summed E-state index contributed by atoms with van der Waals surface area (Å²) in [6, 6.07) is 10.7. The Morgan fingerprint density at radius 1 is 1.21 bits per heavy atom. The van der Waals surface area contributed by atoms with Gasteiger partial charge in [-0.2, -0.15) is 0 Å². The van der Waals surface area contributed by atoms with Crippen LogP contribution in [-0.4, -0.2) is 25.0 Å². The van der Waals surface area contributed by atoms with Gasteiger partial charge in [0, 0.05) is 36.9 Å². The number of rotatable bonds is 5. The Bertz CT molecular complexity index is 772. The second-order valence-electron chi connectivity index (χ2n) is 5.46. The molecule has 24 heavy (non-hydrogen) atoms. The number of halogens is 2. The number of carbonyl (C=O) groups is 1. The maximum absolute atomic E-state index is 13.7. The Labute approximate surface area is 140 Å². The molecule has 2 aromatic rings. The molecule has 2 rings (SSSR count). The molecule has 0 aliphatic carbocycles. The molecule has 0 bridgehead atoms. The lowest BCUT2D eigenvalue weighted by Gasteiger charge is -2.17. The topological polar surface area (TPSA) is 29.5 Å².